The fourth-order valence-electron chi connectivity index (χ4n) is 5.08. The molecule has 0 unspecified atom stereocenters. The maximum absolute atomic E-state index is 14.0. The maximum Gasteiger partial charge on any atom is 0.197 e. The van der Waals surface area contributed by atoms with Gasteiger partial charge in [0.05, 0.1) is 12.5 Å². The summed E-state index contributed by atoms with van der Waals surface area (Å²) in [5, 5.41) is 11.4. The summed E-state index contributed by atoms with van der Waals surface area (Å²) in [7, 11) is 0. The van der Waals surface area contributed by atoms with Crippen molar-refractivity contribution in [2.45, 2.75) is 64.8 Å². The molecule has 4 aromatic rings. The number of hydrogen-bond acceptors (Lipinski definition) is 3. The zero-order valence-corrected chi connectivity index (χ0v) is 23.1. The van der Waals surface area contributed by atoms with Crippen molar-refractivity contribution in [3.8, 4) is 28.3 Å². The first-order valence-electron chi connectivity index (χ1n) is 13.6. The molecule has 2 aromatic heterocycles. The minimum absolute atomic E-state index is 0.0174. The molecular weight excluding hydrogens is 484 g/mol. The highest BCUT2D eigenvalue weighted by molar-refractivity contribution is 7.10. The van der Waals surface area contributed by atoms with Crippen LogP contribution < -0.4 is 5.43 Å². The molecule has 2 heterocycles. The fourth-order valence-corrected chi connectivity index (χ4v) is 6.05. The van der Waals surface area contributed by atoms with Crippen LogP contribution in [0.5, 0.6) is 0 Å². The summed E-state index contributed by atoms with van der Waals surface area (Å²) in [6.45, 7) is 6.79. The molecule has 0 spiro atoms. The Labute approximate surface area is 230 Å². The van der Waals surface area contributed by atoms with Gasteiger partial charge in [-0.3, -0.25) is 4.79 Å². The van der Waals surface area contributed by atoms with Gasteiger partial charge >= 0.3 is 0 Å². The molecule has 4 rings (SSSR count). The van der Waals surface area contributed by atoms with Crippen molar-refractivity contribution in [1.29, 1.82) is 5.26 Å². The zero-order chi connectivity index (χ0) is 26.7. The number of thiophene rings is 1. The molecule has 0 atom stereocenters. The van der Waals surface area contributed by atoms with Gasteiger partial charge in [0, 0.05) is 40.5 Å². The van der Waals surface area contributed by atoms with E-state index in [1.54, 1.807) is 6.08 Å². The number of nitriles is 1. The van der Waals surface area contributed by atoms with Gasteiger partial charge in [0.2, 0.25) is 0 Å². The van der Waals surface area contributed by atoms with Gasteiger partial charge in [-0.2, -0.15) is 5.26 Å². The minimum Gasteiger partial charge on any atom is -0.353 e. The van der Waals surface area contributed by atoms with Gasteiger partial charge in [0.1, 0.15) is 0 Å². The molecule has 4 heteroatoms. The van der Waals surface area contributed by atoms with Gasteiger partial charge in [-0.05, 0) is 60.2 Å². The van der Waals surface area contributed by atoms with Crippen LogP contribution in [-0.4, -0.2) is 4.57 Å². The fraction of sp³-hybridized carbons (Fsp3) is 0.294. The molecule has 194 valence electrons. The van der Waals surface area contributed by atoms with Crippen LogP contribution in [0.2, 0.25) is 0 Å². The van der Waals surface area contributed by atoms with E-state index in [1.165, 1.54) is 48.1 Å². The van der Waals surface area contributed by atoms with Gasteiger partial charge in [-0.25, -0.2) is 0 Å². The van der Waals surface area contributed by atoms with E-state index in [0.717, 1.165) is 52.9 Å². The molecule has 0 aliphatic carbocycles. The van der Waals surface area contributed by atoms with Gasteiger partial charge < -0.3 is 4.57 Å². The normalized spacial score (nSPS) is 10.8. The topological polar surface area (TPSA) is 45.8 Å². The molecule has 0 bridgehead atoms. The standard InChI is InChI=1S/C34H36N2OS/c1-3-27-25-38-32(21-22-35)33(27)31-24-36(4-2)23-30(34(31)37)29-20-14-13-19-28(29)18-12-7-5-6-9-15-26-16-10-8-11-17-26/h3,8,10-11,13-14,16-17,19-20,23-25H,1,4-7,9,12,15,18,21H2,2H3. The Balaban J connectivity index is 1.52. The number of aromatic nitrogens is 1. The highest BCUT2D eigenvalue weighted by Crippen LogP contribution is 2.34. The lowest BCUT2D eigenvalue weighted by Crippen LogP contribution is -2.14. The Morgan fingerprint density at radius 3 is 2.32 bits per heavy atom. The van der Waals surface area contributed by atoms with E-state index in [0.29, 0.717) is 5.56 Å². The van der Waals surface area contributed by atoms with E-state index in [2.05, 4.69) is 72.7 Å². The Bertz CT molecular complexity index is 1460. The second kappa shape index (κ2) is 13.7. The van der Waals surface area contributed by atoms with E-state index >= 15 is 0 Å². The first-order valence-corrected chi connectivity index (χ1v) is 14.5. The Morgan fingerprint density at radius 2 is 1.58 bits per heavy atom. The summed E-state index contributed by atoms with van der Waals surface area (Å²) in [5.74, 6) is 0. The van der Waals surface area contributed by atoms with E-state index < -0.39 is 0 Å². The van der Waals surface area contributed by atoms with Crippen molar-refractivity contribution in [1.82, 2.24) is 4.57 Å². The van der Waals surface area contributed by atoms with Gasteiger partial charge in [0.15, 0.2) is 5.43 Å². The van der Waals surface area contributed by atoms with Crippen molar-refractivity contribution in [3.05, 3.63) is 111 Å². The van der Waals surface area contributed by atoms with Crippen LogP contribution in [-0.2, 0) is 25.8 Å². The summed E-state index contributed by atoms with van der Waals surface area (Å²) in [4.78, 5) is 14.9. The molecule has 0 saturated heterocycles. The molecule has 0 N–H and O–H groups in total. The smallest absolute Gasteiger partial charge is 0.197 e. The summed E-state index contributed by atoms with van der Waals surface area (Å²) in [6, 6.07) is 21.3. The Hall–Kier alpha value is -3.68. The second-order valence-electron chi connectivity index (χ2n) is 9.68. The largest absolute Gasteiger partial charge is 0.353 e. The van der Waals surface area contributed by atoms with Gasteiger partial charge in [-0.1, -0.05) is 86.5 Å². The van der Waals surface area contributed by atoms with E-state index in [-0.39, 0.29) is 11.8 Å². The molecule has 38 heavy (non-hydrogen) atoms. The Morgan fingerprint density at radius 1 is 0.895 bits per heavy atom. The number of benzene rings is 2. The number of hydrogen-bond donors (Lipinski definition) is 0. The number of unbranched alkanes of at least 4 members (excludes halogenated alkanes) is 4. The average molecular weight is 521 g/mol. The van der Waals surface area contributed by atoms with Gasteiger partial charge in [-0.15, -0.1) is 11.3 Å². The number of nitrogens with zero attached hydrogens (tertiary/aromatic N) is 2. The van der Waals surface area contributed by atoms with Crippen molar-refractivity contribution >= 4 is 17.4 Å². The average Bonchev–Trinajstić information content (AvgIpc) is 3.36. The third-order valence-corrected chi connectivity index (χ3v) is 8.14. The van der Waals surface area contributed by atoms with E-state index in [9.17, 15) is 10.1 Å². The van der Waals surface area contributed by atoms with Crippen LogP contribution in [0.3, 0.4) is 0 Å². The molecule has 0 aliphatic rings. The second-order valence-corrected chi connectivity index (χ2v) is 10.6. The maximum atomic E-state index is 14.0. The summed E-state index contributed by atoms with van der Waals surface area (Å²) >= 11 is 1.52. The van der Waals surface area contributed by atoms with E-state index in [1.807, 2.05) is 23.8 Å². The molecule has 2 aromatic carbocycles. The lowest BCUT2D eigenvalue weighted by molar-refractivity contribution is 0.614. The number of pyridine rings is 1. The van der Waals surface area contributed by atoms with Crippen molar-refractivity contribution < 1.29 is 0 Å². The SMILES string of the molecule is C=Cc1csc(CC#N)c1-c1cn(CC)cc(-c2ccccc2CCCCCCCc2ccccc2)c1=O. The molecule has 0 amide bonds. The predicted octanol–water partition coefficient (Wildman–Crippen LogP) is 8.71. The van der Waals surface area contributed by atoms with Crippen LogP contribution >= 0.6 is 11.3 Å². The lowest BCUT2D eigenvalue weighted by Gasteiger charge is -2.15. The van der Waals surface area contributed by atoms with Crippen LogP contribution in [0.25, 0.3) is 28.3 Å². The number of rotatable bonds is 13. The van der Waals surface area contributed by atoms with Crippen molar-refractivity contribution in [2.24, 2.45) is 0 Å². The summed E-state index contributed by atoms with van der Waals surface area (Å²) in [6.07, 6.45) is 14.1. The highest BCUT2D eigenvalue weighted by atomic mass is 32.1. The zero-order valence-electron chi connectivity index (χ0n) is 22.3. The first-order chi connectivity index (χ1) is 18.7. The molecule has 0 aliphatic heterocycles. The van der Waals surface area contributed by atoms with Gasteiger partial charge in [0.25, 0.3) is 0 Å². The molecule has 0 radical (unpaired) electrons. The lowest BCUT2D eigenvalue weighted by atomic mass is 9.93. The van der Waals surface area contributed by atoms with Crippen LogP contribution in [0.4, 0.5) is 0 Å². The van der Waals surface area contributed by atoms with Crippen LogP contribution in [0, 0.1) is 11.3 Å². The Kier molecular flexibility index (Phi) is 9.90. The minimum atomic E-state index is 0.0174. The van der Waals surface area contributed by atoms with Crippen molar-refractivity contribution in [2.75, 3.05) is 0 Å². The quantitative estimate of drug-likeness (QED) is 0.165. The van der Waals surface area contributed by atoms with Crippen LogP contribution in [0.15, 0.2) is 83.7 Å². The third-order valence-electron chi connectivity index (χ3n) is 7.13. The van der Waals surface area contributed by atoms with Crippen molar-refractivity contribution in [3.63, 3.8) is 0 Å². The highest BCUT2D eigenvalue weighted by Gasteiger charge is 2.19. The first kappa shape index (κ1) is 27.4. The van der Waals surface area contributed by atoms with E-state index in [4.69, 9.17) is 0 Å². The molecule has 0 fully saturated rings. The molecule has 0 saturated carbocycles. The third kappa shape index (κ3) is 6.60. The molecule has 3 nitrogen and oxygen atoms in total. The predicted molar refractivity (Wildman–Crippen MR) is 161 cm³/mol. The summed E-state index contributed by atoms with van der Waals surface area (Å²) in [5.41, 5.74) is 6.83. The number of aryl methyl sites for hydroxylation is 3. The monoisotopic (exact) mass is 520 g/mol. The summed E-state index contributed by atoms with van der Waals surface area (Å²) < 4.78 is 2.08. The molecular formula is C34H36N2OS. The van der Waals surface area contributed by atoms with Crippen LogP contribution in [0.1, 0.15) is 60.6 Å².